The van der Waals surface area contributed by atoms with Gasteiger partial charge in [-0.15, -0.1) is 0 Å². The van der Waals surface area contributed by atoms with Crippen LogP contribution >= 0.6 is 0 Å². The third-order valence-electron chi connectivity index (χ3n) is 3.88. The van der Waals surface area contributed by atoms with Crippen LogP contribution in [0.2, 0.25) is 0 Å². The van der Waals surface area contributed by atoms with Gasteiger partial charge >= 0.3 is 0 Å². The van der Waals surface area contributed by atoms with Crippen molar-refractivity contribution in [3.8, 4) is 5.75 Å². The number of allylic oxidation sites excluding steroid dienone is 1. The fraction of sp³-hybridized carbons (Fsp3) is 0.167. The van der Waals surface area contributed by atoms with Crippen LogP contribution in [0.1, 0.15) is 18.1 Å². The van der Waals surface area contributed by atoms with Gasteiger partial charge in [0, 0.05) is 13.0 Å². The lowest BCUT2D eigenvalue weighted by molar-refractivity contribution is -0.401. The molecule has 100 valence electrons. The second-order valence-corrected chi connectivity index (χ2v) is 4.99. The molecule has 2 aromatic carbocycles. The Morgan fingerprint density at radius 1 is 1.00 bits per heavy atom. The lowest BCUT2D eigenvalue weighted by atomic mass is 10.0. The zero-order chi connectivity index (χ0) is 14.1. The average molecular weight is 264 g/mol. The molecule has 0 saturated heterocycles. The lowest BCUT2D eigenvalue weighted by Gasteiger charge is -2.01. The van der Waals surface area contributed by atoms with E-state index in [-0.39, 0.29) is 0 Å². The van der Waals surface area contributed by atoms with Gasteiger partial charge in [0.2, 0.25) is 5.69 Å². The van der Waals surface area contributed by atoms with Crippen LogP contribution in [0, 0.1) is 0 Å². The van der Waals surface area contributed by atoms with Crippen LogP contribution < -0.4 is 4.74 Å². The van der Waals surface area contributed by atoms with Crippen molar-refractivity contribution in [2.75, 3.05) is 14.2 Å². The van der Waals surface area contributed by atoms with E-state index in [9.17, 15) is 0 Å². The highest BCUT2D eigenvalue weighted by atomic mass is 16.5. The van der Waals surface area contributed by atoms with Crippen molar-refractivity contribution in [1.29, 1.82) is 0 Å². The monoisotopic (exact) mass is 264 g/mol. The highest BCUT2D eigenvalue weighted by molar-refractivity contribution is 6.28. The Morgan fingerprint density at radius 2 is 1.70 bits per heavy atom. The molecule has 1 aliphatic rings. The predicted molar refractivity (Wildman–Crippen MR) is 83.8 cm³/mol. The molecule has 0 spiro atoms. The Morgan fingerprint density at radius 3 is 2.40 bits per heavy atom. The minimum absolute atomic E-state index is 0.886. The summed E-state index contributed by atoms with van der Waals surface area (Å²) in [6.45, 7) is 2.16. The maximum Gasteiger partial charge on any atom is 0.213 e. The number of fused-ring (bicyclic) bond motifs is 1. The van der Waals surface area contributed by atoms with E-state index >= 15 is 0 Å². The third-order valence-corrected chi connectivity index (χ3v) is 3.88. The average Bonchev–Trinajstić information content (AvgIpc) is 2.74. The maximum absolute atomic E-state index is 5.20. The van der Waals surface area contributed by atoms with E-state index in [1.807, 2.05) is 12.1 Å². The molecule has 1 aliphatic heterocycles. The second kappa shape index (κ2) is 4.97. The number of benzene rings is 2. The van der Waals surface area contributed by atoms with Gasteiger partial charge in [0.1, 0.15) is 12.8 Å². The zero-order valence-corrected chi connectivity index (χ0v) is 12.1. The fourth-order valence-electron chi connectivity index (χ4n) is 2.60. The van der Waals surface area contributed by atoms with Crippen molar-refractivity contribution >= 4 is 23.0 Å². The Bertz CT molecular complexity index is 708. The third kappa shape index (κ3) is 2.03. The van der Waals surface area contributed by atoms with Gasteiger partial charge in [-0.05, 0) is 29.8 Å². The number of hydrogen-bond acceptors (Lipinski definition) is 1. The first-order valence-electron chi connectivity index (χ1n) is 6.73. The molecular formula is C18H18NO+. The molecule has 0 N–H and O–H groups in total. The van der Waals surface area contributed by atoms with Gasteiger partial charge in [-0.3, -0.25) is 0 Å². The Balaban J connectivity index is 2.07. The number of ether oxygens (including phenoxy) is 1. The number of rotatable bonds is 2. The summed E-state index contributed by atoms with van der Waals surface area (Å²) >= 11 is 0. The summed E-state index contributed by atoms with van der Waals surface area (Å²) in [6, 6.07) is 16.7. The quantitative estimate of drug-likeness (QED) is 0.747. The molecule has 0 atom stereocenters. The smallest absolute Gasteiger partial charge is 0.213 e. The van der Waals surface area contributed by atoms with Crippen molar-refractivity contribution in [3.05, 3.63) is 59.7 Å². The summed E-state index contributed by atoms with van der Waals surface area (Å²) in [7, 11) is 3.80. The summed E-state index contributed by atoms with van der Waals surface area (Å²) in [6.07, 6.45) is 2.23. The molecule has 0 fully saturated rings. The first-order valence-corrected chi connectivity index (χ1v) is 6.73. The summed E-state index contributed by atoms with van der Waals surface area (Å²) in [4.78, 5) is 0. The van der Waals surface area contributed by atoms with Gasteiger partial charge in [0.05, 0.1) is 18.2 Å². The molecule has 0 aromatic heterocycles. The van der Waals surface area contributed by atoms with Crippen molar-refractivity contribution < 1.29 is 9.31 Å². The molecule has 0 aliphatic carbocycles. The standard InChI is InChI=1S/C18H18NO/c1-13-17(12-14-8-10-15(20-3)11-9-14)16-6-4-5-7-18(16)19(13)2/h4-12H,1-3H3/q+1/b17-12+. The van der Waals surface area contributed by atoms with E-state index in [2.05, 4.69) is 61.0 Å². The lowest BCUT2D eigenvalue weighted by Crippen LogP contribution is -2.02. The molecule has 2 aromatic rings. The fourth-order valence-corrected chi connectivity index (χ4v) is 2.60. The summed E-state index contributed by atoms with van der Waals surface area (Å²) < 4.78 is 7.44. The minimum Gasteiger partial charge on any atom is -0.497 e. The number of methoxy groups -OCH3 is 1. The molecular weight excluding hydrogens is 246 g/mol. The van der Waals surface area contributed by atoms with Gasteiger partial charge in [-0.2, -0.15) is 4.58 Å². The summed E-state index contributed by atoms with van der Waals surface area (Å²) in [5, 5.41) is 0. The van der Waals surface area contributed by atoms with Crippen molar-refractivity contribution in [2.24, 2.45) is 0 Å². The Kier molecular flexibility index (Phi) is 3.15. The predicted octanol–water partition coefficient (Wildman–Crippen LogP) is 3.98. The Labute approximate surface area is 119 Å². The topological polar surface area (TPSA) is 12.2 Å². The first-order chi connectivity index (χ1) is 9.70. The molecule has 2 nitrogen and oxygen atoms in total. The van der Waals surface area contributed by atoms with Crippen LogP contribution in [0.25, 0.3) is 11.6 Å². The van der Waals surface area contributed by atoms with Crippen molar-refractivity contribution in [1.82, 2.24) is 0 Å². The molecule has 0 radical (unpaired) electrons. The highest BCUT2D eigenvalue weighted by Crippen LogP contribution is 2.34. The second-order valence-electron chi connectivity index (χ2n) is 4.99. The van der Waals surface area contributed by atoms with Crippen LogP contribution in [0.15, 0.2) is 48.5 Å². The molecule has 2 heteroatoms. The van der Waals surface area contributed by atoms with Crippen LogP contribution in [0.4, 0.5) is 5.69 Å². The van der Waals surface area contributed by atoms with Gasteiger partial charge in [0.15, 0.2) is 5.71 Å². The number of nitrogens with zero attached hydrogens (tertiary/aromatic N) is 1. The van der Waals surface area contributed by atoms with E-state index in [0.717, 1.165) is 5.75 Å². The first kappa shape index (κ1) is 12.7. The molecule has 0 unspecified atom stereocenters. The van der Waals surface area contributed by atoms with E-state index in [4.69, 9.17) is 4.74 Å². The van der Waals surface area contributed by atoms with Crippen LogP contribution in [0.3, 0.4) is 0 Å². The van der Waals surface area contributed by atoms with E-state index in [1.165, 1.54) is 28.1 Å². The van der Waals surface area contributed by atoms with Crippen molar-refractivity contribution in [3.63, 3.8) is 0 Å². The van der Waals surface area contributed by atoms with Gasteiger partial charge < -0.3 is 4.74 Å². The number of para-hydroxylation sites is 1. The molecule has 20 heavy (non-hydrogen) atoms. The van der Waals surface area contributed by atoms with Gasteiger partial charge in [-0.25, -0.2) is 0 Å². The largest absolute Gasteiger partial charge is 0.497 e. The Hall–Kier alpha value is -2.35. The molecule has 0 saturated carbocycles. The summed E-state index contributed by atoms with van der Waals surface area (Å²) in [5.41, 5.74) is 6.31. The maximum atomic E-state index is 5.20. The molecule has 1 heterocycles. The van der Waals surface area contributed by atoms with Crippen molar-refractivity contribution in [2.45, 2.75) is 6.92 Å². The van der Waals surface area contributed by atoms with Crippen LogP contribution in [-0.2, 0) is 0 Å². The molecule has 0 bridgehead atoms. The van der Waals surface area contributed by atoms with Crippen LogP contribution in [-0.4, -0.2) is 24.4 Å². The summed E-state index contributed by atoms with van der Waals surface area (Å²) in [5.74, 6) is 0.886. The van der Waals surface area contributed by atoms with Gasteiger partial charge in [0.25, 0.3) is 0 Å². The normalized spacial score (nSPS) is 15.7. The zero-order valence-electron chi connectivity index (χ0n) is 12.1. The van der Waals surface area contributed by atoms with Gasteiger partial charge in [-0.1, -0.05) is 24.3 Å². The van der Waals surface area contributed by atoms with E-state index in [1.54, 1.807) is 7.11 Å². The van der Waals surface area contributed by atoms with E-state index < -0.39 is 0 Å². The molecule has 0 amide bonds. The SMILES string of the molecule is COc1ccc(/C=C2\C(C)=[N+](C)c3ccccc32)cc1. The van der Waals surface area contributed by atoms with Crippen LogP contribution in [0.5, 0.6) is 5.75 Å². The highest BCUT2D eigenvalue weighted by Gasteiger charge is 2.28. The van der Waals surface area contributed by atoms with E-state index in [0.29, 0.717) is 0 Å². The number of hydrogen-bond donors (Lipinski definition) is 0. The minimum atomic E-state index is 0.886. The molecule has 3 rings (SSSR count).